The molecule has 1 saturated heterocycles. The predicted octanol–water partition coefficient (Wildman–Crippen LogP) is 6.38. The van der Waals surface area contributed by atoms with Crippen LogP contribution in [0.3, 0.4) is 0 Å². The van der Waals surface area contributed by atoms with Gasteiger partial charge in [-0.1, -0.05) is 48.9 Å². The van der Waals surface area contributed by atoms with Crippen molar-refractivity contribution >= 4 is 11.0 Å². The highest BCUT2D eigenvalue weighted by molar-refractivity contribution is 5.95. The number of nitrogens with one attached hydrogen (secondary N) is 1. The van der Waals surface area contributed by atoms with Gasteiger partial charge in [0.2, 0.25) is 0 Å². The van der Waals surface area contributed by atoms with Crippen molar-refractivity contribution in [3.8, 4) is 28.3 Å². The van der Waals surface area contributed by atoms with Crippen LogP contribution >= 0.6 is 0 Å². The fraction of sp³-hybridized carbons (Fsp3) is 0.321. The van der Waals surface area contributed by atoms with Crippen molar-refractivity contribution in [2.24, 2.45) is 0 Å². The van der Waals surface area contributed by atoms with Crippen molar-refractivity contribution in [1.29, 1.82) is 0 Å². The molecule has 1 aromatic heterocycles. The number of rotatable bonds is 6. The van der Waals surface area contributed by atoms with E-state index >= 15 is 0 Å². The molecule has 1 aliphatic rings. The number of aromatic amines is 1. The van der Waals surface area contributed by atoms with Crippen molar-refractivity contribution in [3.05, 3.63) is 71.8 Å². The molecule has 4 aromatic rings. The molecule has 4 nitrogen and oxygen atoms in total. The second-order valence-electron chi connectivity index (χ2n) is 8.87. The molecular weight excluding hydrogens is 394 g/mol. The van der Waals surface area contributed by atoms with E-state index in [2.05, 4.69) is 78.3 Å². The van der Waals surface area contributed by atoms with Gasteiger partial charge in [0, 0.05) is 23.7 Å². The van der Waals surface area contributed by atoms with Gasteiger partial charge in [0.15, 0.2) is 0 Å². The Labute approximate surface area is 190 Å². The van der Waals surface area contributed by atoms with Gasteiger partial charge in [-0.05, 0) is 68.6 Å². The van der Waals surface area contributed by atoms with Crippen molar-refractivity contribution < 1.29 is 4.74 Å². The van der Waals surface area contributed by atoms with Crippen LogP contribution in [0.2, 0.25) is 0 Å². The summed E-state index contributed by atoms with van der Waals surface area (Å²) < 4.78 is 6.24. The Balaban J connectivity index is 1.48. The molecule has 1 N–H and O–H groups in total. The minimum Gasteiger partial charge on any atom is -0.492 e. The number of H-pyrrole nitrogens is 1. The summed E-state index contributed by atoms with van der Waals surface area (Å²) in [5.41, 5.74) is 7.91. The third-order valence-electron chi connectivity index (χ3n) is 6.55. The summed E-state index contributed by atoms with van der Waals surface area (Å²) in [7, 11) is 0. The van der Waals surface area contributed by atoms with E-state index in [1.54, 1.807) is 0 Å². The summed E-state index contributed by atoms with van der Waals surface area (Å²) in [6, 6.07) is 21.2. The number of aromatic nitrogens is 2. The van der Waals surface area contributed by atoms with Crippen molar-refractivity contribution in [1.82, 2.24) is 14.9 Å². The fourth-order valence-electron chi connectivity index (χ4n) is 4.51. The number of fused-ring (bicyclic) bond motifs is 1. The summed E-state index contributed by atoms with van der Waals surface area (Å²) >= 11 is 0. The second-order valence-corrected chi connectivity index (χ2v) is 8.87. The third kappa shape index (κ3) is 4.42. The first-order valence-electron chi connectivity index (χ1n) is 11.7. The van der Waals surface area contributed by atoms with Crippen molar-refractivity contribution in [2.45, 2.75) is 33.1 Å². The van der Waals surface area contributed by atoms with E-state index in [0.29, 0.717) is 6.61 Å². The SMILES string of the molecule is Cc1ccc(-c2nc3c(-c4ccccc4)cc(OCCN4CCCCC4)cc3[nH]2)cc1C. The topological polar surface area (TPSA) is 41.1 Å². The Morgan fingerprint density at radius 1 is 0.875 bits per heavy atom. The Bertz CT molecular complexity index is 1210. The van der Waals surface area contributed by atoms with Gasteiger partial charge in [-0.2, -0.15) is 0 Å². The second kappa shape index (κ2) is 9.17. The molecule has 2 heterocycles. The maximum atomic E-state index is 6.24. The normalized spacial score (nSPS) is 14.7. The van der Waals surface area contributed by atoms with E-state index < -0.39 is 0 Å². The number of likely N-dealkylation sites (tertiary alicyclic amines) is 1. The smallest absolute Gasteiger partial charge is 0.138 e. The summed E-state index contributed by atoms with van der Waals surface area (Å²) in [5.74, 6) is 1.79. The highest BCUT2D eigenvalue weighted by atomic mass is 16.5. The van der Waals surface area contributed by atoms with Gasteiger partial charge >= 0.3 is 0 Å². The van der Waals surface area contributed by atoms with Crippen LogP contribution in [-0.2, 0) is 0 Å². The Hall–Kier alpha value is -3.11. The lowest BCUT2D eigenvalue weighted by Crippen LogP contribution is -2.33. The molecule has 1 fully saturated rings. The molecule has 164 valence electrons. The van der Waals surface area contributed by atoms with E-state index in [1.807, 2.05) is 6.07 Å². The van der Waals surface area contributed by atoms with Crippen LogP contribution in [0.15, 0.2) is 60.7 Å². The zero-order chi connectivity index (χ0) is 21.9. The molecular formula is C28H31N3O. The number of benzene rings is 3. The van der Waals surface area contributed by atoms with Crippen molar-refractivity contribution in [2.75, 3.05) is 26.2 Å². The minimum absolute atomic E-state index is 0.706. The van der Waals surface area contributed by atoms with Crippen LogP contribution in [-0.4, -0.2) is 41.1 Å². The lowest BCUT2D eigenvalue weighted by Gasteiger charge is -2.26. The first-order valence-corrected chi connectivity index (χ1v) is 11.7. The number of ether oxygens (including phenoxy) is 1. The molecule has 0 unspecified atom stereocenters. The molecule has 1 aliphatic heterocycles. The van der Waals surface area contributed by atoms with Crippen LogP contribution < -0.4 is 4.74 Å². The average molecular weight is 426 g/mol. The highest BCUT2D eigenvalue weighted by Gasteiger charge is 2.15. The minimum atomic E-state index is 0.706. The van der Waals surface area contributed by atoms with E-state index in [1.165, 1.54) is 43.5 Å². The van der Waals surface area contributed by atoms with Crippen LogP contribution in [0, 0.1) is 13.8 Å². The molecule has 0 bridgehead atoms. The highest BCUT2D eigenvalue weighted by Crippen LogP contribution is 2.34. The summed E-state index contributed by atoms with van der Waals surface area (Å²) in [6.45, 7) is 8.35. The Morgan fingerprint density at radius 3 is 2.47 bits per heavy atom. The molecule has 3 aromatic carbocycles. The van der Waals surface area contributed by atoms with E-state index in [4.69, 9.17) is 9.72 Å². The first kappa shape index (κ1) is 20.8. The van der Waals surface area contributed by atoms with Crippen molar-refractivity contribution in [3.63, 3.8) is 0 Å². The monoisotopic (exact) mass is 425 g/mol. The average Bonchev–Trinajstić information content (AvgIpc) is 3.26. The van der Waals surface area contributed by atoms with Gasteiger partial charge in [0.1, 0.15) is 18.2 Å². The number of hydrogen-bond donors (Lipinski definition) is 1. The number of hydrogen-bond acceptors (Lipinski definition) is 3. The predicted molar refractivity (Wildman–Crippen MR) is 132 cm³/mol. The van der Waals surface area contributed by atoms with E-state index in [0.717, 1.165) is 45.8 Å². The molecule has 0 amide bonds. The number of aryl methyl sites for hydroxylation is 2. The standard InChI is InChI=1S/C28H31N3O/c1-20-11-12-23(17-21(20)2)28-29-26-19-24(32-16-15-31-13-7-4-8-14-31)18-25(27(26)30-28)22-9-5-3-6-10-22/h3,5-6,9-12,17-19H,4,7-8,13-16H2,1-2H3,(H,29,30). The van der Waals surface area contributed by atoms with E-state index in [9.17, 15) is 0 Å². The zero-order valence-corrected chi connectivity index (χ0v) is 19.0. The number of imidazole rings is 1. The number of piperidine rings is 1. The summed E-state index contributed by atoms with van der Waals surface area (Å²) in [4.78, 5) is 11.1. The lowest BCUT2D eigenvalue weighted by molar-refractivity contribution is 0.183. The van der Waals surface area contributed by atoms with Crippen LogP contribution in [0.25, 0.3) is 33.5 Å². The van der Waals surface area contributed by atoms with Gasteiger partial charge in [0.05, 0.1) is 11.0 Å². The van der Waals surface area contributed by atoms with Gasteiger partial charge < -0.3 is 9.72 Å². The third-order valence-corrected chi connectivity index (χ3v) is 6.55. The summed E-state index contributed by atoms with van der Waals surface area (Å²) in [5, 5.41) is 0. The molecule has 0 radical (unpaired) electrons. The molecule has 32 heavy (non-hydrogen) atoms. The summed E-state index contributed by atoms with van der Waals surface area (Å²) in [6.07, 6.45) is 3.97. The van der Waals surface area contributed by atoms with Crippen LogP contribution in [0.1, 0.15) is 30.4 Å². The quantitative estimate of drug-likeness (QED) is 0.390. The fourth-order valence-corrected chi connectivity index (χ4v) is 4.51. The first-order chi connectivity index (χ1) is 15.7. The maximum absolute atomic E-state index is 6.24. The lowest BCUT2D eigenvalue weighted by atomic mass is 10.0. The zero-order valence-electron chi connectivity index (χ0n) is 19.0. The van der Waals surface area contributed by atoms with Gasteiger partial charge in [-0.3, -0.25) is 4.90 Å². The van der Waals surface area contributed by atoms with Crippen LogP contribution in [0.4, 0.5) is 0 Å². The molecule has 0 atom stereocenters. The Kier molecular flexibility index (Phi) is 5.95. The molecule has 4 heteroatoms. The molecule has 0 saturated carbocycles. The van der Waals surface area contributed by atoms with Gasteiger partial charge in [-0.25, -0.2) is 4.98 Å². The maximum Gasteiger partial charge on any atom is 0.138 e. The Morgan fingerprint density at radius 2 is 1.69 bits per heavy atom. The van der Waals surface area contributed by atoms with Gasteiger partial charge in [-0.15, -0.1) is 0 Å². The van der Waals surface area contributed by atoms with Crippen LogP contribution in [0.5, 0.6) is 5.75 Å². The largest absolute Gasteiger partial charge is 0.492 e. The number of nitrogens with zero attached hydrogens (tertiary/aromatic N) is 2. The van der Waals surface area contributed by atoms with Gasteiger partial charge in [0.25, 0.3) is 0 Å². The molecule has 0 aliphatic carbocycles. The van der Waals surface area contributed by atoms with E-state index in [-0.39, 0.29) is 0 Å². The molecule has 5 rings (SSSR count). The molecule has 0 spiro atoms.